The van der Waals surface area contributed by atoms with E-state index < -0.39 is 11.7 Å². The summed E-state index contributed by atoms with van der Waals surface area (Å²) in [6.45, 7) is 1.53. The zero-order valence-corrected chi connectivity index (χ0v) is 10.6. The molecule has 1 fully saturated rings. The second-order valence-corrected chi connectivity index (χ2v) is 5.09. The van der Waals surface area contributed by atoms with Gasteiger partial charge in [-0.2, -0.15) is 13.2 Å². The van der Waals surface area contributed by atoms with E-state index in [0.717, 1.165) is 31.4 Å². The zero-order chi connectivity index (χ0) is 14.2. The van der Waals surface area contributed by atoms with Crippen molar-refractivity contribution in [3.8, 4) is 0 Å². The Balaban J connectivity index is 2.29. The molecule has 2 rings (SSSR count). The molecule has 0 saturated heterocycles. The van der Waals surface area contributed by atoms with E-state index in [-0.39, 0.29) is 17.7 Å². The van der Waals surface area contributed by atoms with Crippen molar-refractivity contribution in [2.24, 2.45) is 11.7 Å². The molecule has 5 heteroatoms. The van der Waals surface area contributed by atoms with Gasteiger partial charge in [0, 0.05) is 17.5 Å². The quantitative estimate of drug-likeness (QED) is 0.838. The average molecular weight is 271 g/mol. The lowest BCUT2D eigenvalue weighted by Crippen LogP contribution is -2.31. The Kier molecular flexibility index (Phi) is 3.67. The maximum Gasteiger partial charge on any atom is 0.416 e. The fourth-order valence-electron chi connectivity index (χ4n) is 2.63. The minimum atomic E-state index is -4.38. The normalized spacial score (nSPS) is 23.6. The lowest BCUT2D eigenvalue weighted by atomic mass is 9.90. The molecule has 0 aliphatic heterocycles. The molecule has 1 saturated carbocycles. The van der Waals surface area contributed by atoms with Gasteiger partial charge >= 0.3 is 6.18 Å². The molecule has 0 heterocycles. The first-order chi connectivity index (χ1) is 8.80. The van der Waals surface area contributed by atoms with E-state index in [2.05, 4.69) is 0 Å². The topological polar surface area (TPSA) is 43.1 Å². The Bertz CT molecular complexity index is 496. The number of halogens is 3. The smallest absolute Gasteiger partial charge is 0.327 e. The van der Waals surface area contributed by atoms with Crippen LogP contribution >= 0.6 is 0 Å². The van der Waals surface area contributed by atoms with Crippen molar-refractivity contribution in [3.05, 3.63) is 34.9 Å². The van der Waals surface area contributed by atoms with Crippen LogP contribution in [-0.4, -0.2) is 11.8 Å². The molecule has 0 spiro atoms. The highest BCUT2D eigenvalue weighted by atomic mass is 19.4. The van der Waals surface area contributed by atoms with Gasteiger partial charge in [-0.1, -0.05) is 12.5 Å². The van der Waals surface area contributed by atoms with Gasteiger partial charge in [-0.3, -0.25) is 4.79 Å². The summed E-state index contributed by atoms with van der Waals surface area (Å²) in [4.78, 5) is 12.3. The van der Waals surface area contributed by atoms with E-state index >= 15 is 0 Å². The van der Waals surface area contributed by atoms with Crippen LogP contribution in [0.3, 0.4) is 0 Å². The molecule has 1 aliphatic rings. The Morgan fingerprint density at radius 1 is 1.32 bits per heavy atom. The summed E-state index contributed by atoms with van der Waals surface area (Å²) >= 11 is 0. The third kappa shape index (κ3) is 2.81. The summed E-state index contributed by atoms with van der Waals surface area (Å²) in [6.07, 6.45) is -1.95. The van der Waals surface area contributed by atoms with Gasteiger partial charge in [-0.25, -0.2) is 0 Å². The van der Waals surface area contributed by atoms with Crippen molar-refractivity contribution in [3.63, 3.8) is 0 Å². The number of nitrogens with two attached hydrogens (primary N) is 1. The summed E-state index contributed by atoms with van der Waals surface area (Å²) in [6, 6.07) is 3.08. The molecule has 0 bridgehead atoms. The molecular weight excluding hydrogens is 255 g/mol. The van der Waals surface area contributed by atoms with Crippen molar-refractivity contribution in [1.29, 1.82) is 0 Å². The third-order valence-electron chi connectivity index (χ3n) is 3.73. The molecule has 104 valence electrons. The predicted octanol–water partition coefficient (Wildman–Crippen LogP) is 3.32. The van der Waals surface area contributed by atoms with E-state index in [1.807, 2.05) is 0 Å². The first-order valence-electron chi connectivity index (χ1n) is 6.28. The maximum absolute atomic E-state index is 12.6. The number of hydrogen-bond donors (Lipinski definition) is 1. The molecule has 1 aromatic carbocycles. The first-order valence-corrected chi connectivity index (χ1v) is 6.28. The summed E-state index contributed by atoms with van der Waals surface area (Å²) in [5.74, 6) is -0.383. The molecule has 19 heavy (non-hydrogen) atoms. The van der Waals surface area contributed by atoms with Crippen molar-refractivity contribution in [1.82, 2.24) is 0 Å². The summed E-state index contributed by atoms with van der Waals surface area (Å²) in [5.41, 5.74) is 5.86. The fraction of sp³-hybridized carbons (Fsp3) is 0.500. The molecule has 1 aromatic rings. The average Bonchev–Trinajstić information content (AvgIpc) is 2.73. The Labute approximate surface area is 109 Å². The standard InChI is InChI=1S/C14H16F3NO/c1-8-7-9(14(15,16)17)5-6-10(8)13(19)11-3-2-4-12(11)18/h5-7,11-12H,2-4,18H2,1H3. The summed E-state index contributed by atoms with van der Waals surface area (Å²) in [5, 5.41) is 0. The predicted molar refractivity (Wildman–Crippen MR) is 65.8 cm³/mol. The van der Waals surface area contributed by atoms with Crippen molar-refractivity contribution >= 4 is 5.78 Å². The number of benzene rings is 1. The number of carbonyl (C=O) groups excluding carboxylic acids is 1. The number of Topliss-reactive ketones (excluding diaryl/α,β-unsaturated/α-hetero) is 1. The number of carbonyl (C=O) groups is 1. The largest absolute Gasteiger partial charge is 0.416 e. The Morgan fingerprint density at radius 3 is 2.47 bits per heavy atom. The van der Waals surface area contributed by atoms with Gasteiger partial charge in [0.2, 0.25) is 0 Å². The highest BCUT2D eigenvalue weighted by Crippen LogP contribution is 2.32. The molecule has 0 aromatic heterocycles. The minimum Gasteiger partial charge on any atom is -0.327 e. The van der Waals surface area contributed by atoms with Crippen molar-refractivity contribution < 1.29 is 18.0 Å². The summed E-state index contributed by atoms with van der Waals surface area (Å²) < 4.78 is 37.7. The van der Waals surface area contributed by atoms with Gasteiger partial charge < -0.3 is 5.73 Å². The van der Waals surface area contributed by atoms with Crippen LogP contribution in [0.4, 0.5) is 13.2 Å². The lowest BCUT2D eigenvalue weighted by molar-refractivity contribution is -0.137. The van der Waals surface area contributed by atoms with Crippen LogP contribution in [0.1, 0.15) is 40.7 Å². The van der Waals surface area contributed by atoms with Crippen LogP contribution in [0.15, 0.2) is 18.2 Å². The Hall–Kier alpha value is -1.36. The monoisotopic (exact) mass is 271 g/mol. The molecule has 2 unspecified atom stereocenters. The van der Waals surface area contributed by atoms with Crippen LogP contribution in [-0.2, 0) is 6.18 Å². The maximum atomic E-state index is 12.6. The lowest BCUT2D eigenvalue weighted by Gasteiger charge is -2.16. The minimum absolute atomic E-state index is 0.128. The molecule has 2 N–H and O–H groups in total. The van der Waals surface area contributed by atoms with Crippen LogP contribution in [0.2, 0.25) is 0 Å². The molecule has 0 radical (unpaired) electrons. The number of rotatable bonds is 2. The third-order valence-corrected chi connectivity index (χ3v) is 3.73. The van der Waals surface area contributed by atoms with Crippen LogP contribution in [0, 0.1) is 12.8 Å². The van der Waals surface area contributed by atoms with Crippen LogP contribution in [0.5, 0.6) is 0 Å². The van der Waals surface area contributed by atoms with Crippen LogP contribution < -0.4 is 5.73 Å². The zero-order valence-electron chi connectivity index (χ0n) is 10.6. The Morgan fingerprint density at radius 2 is 2.00 bits per heavy atom. The first kappa shape index (κ1) is 14.1. The number of alkyl halides is 3. The molecular formula is C14H16F3NO. The number of ketones is 1. The van der Waals surface area contributed by atoms with E-state index in [0.29, 0.717) is 11.1 Å². The second-order valence-electron chi connectivity index (χ2n) is 5.09. The van der Waals surface area contributed by atoms with Gasteiger partial charge in [0.25, 0.3) is 0 Å². The molecule has 2 nitrogen and oxygen atoms in total. The highest BCUT2D eigenvalue weighted by molar-refractivity contribution is 5.99. The van der Waals surface area contributed by atoms with Crippen molar-refractivity contribution in [2.75, 3.05) is 0 Å². The van der Waals surface area contributed by atoms with Gasteiger partial charge in [-0.15, -0.1) is 0 Å². The van der Waals surface area contributed by atoms with Gasteiger partial charge in [0.05, 0.1) is 5.56 Å². The van der Waals surface area contributed by atoms with E-state index in [1.54, 1.807) is 0 Å². The fourth-order valence-corrected chi connectivity index (χ4v) is 2.63. The molecule has 2 atom stereocenters. The van der Waals surface area contributed by atoms with E-state index in [4.69, 9.17) is 5.73 Å². The highest BCUT2D eigenvalue weighted by Gasteiger charge is 2.34. The van der Waals surface area contributed by atoms with E-state index in [9.17, 15) is 18.0 Å². The van der Waals surface area contributed by atoms with Gasteiger partial charge in [-0.05, 0) is 37.5 Å². The second kappa shape index (κ2) is 4.96. The number of hydrogen-bond acceptors (Lipinski definition) is 2. The molecule has 1 aliphatic carbocycles. The number of aryl methyl sites for hydroxylation is 1. The molecule has 0 amide bonds. The van der Waals surface area contributed by atoms with Gasteiger partial charge in [0.1, 0.15) is 0 Å². The van der Waals surface area contributed by atoms with Crippen molar-refractivity contribution in [2.45, 2.75) is 38.4 Å². The van der Waals surface area contributed by atoms with Gasteiger partial charge in [0.15, 0.2) is 5.78 Å². The van der Waals surface area contributed by atoms with E-state index in [1.165, 1.54) is 13.0 Å². The van der Waals surface area contributed by atoms with Crippen LogP contribution in [0.25, 0.3) is 0 Å². The SMILES string of the molecule is Cc1cc(C(F)(F)F)ccc1C(=O)C1CCCC1N. The summed E-state index contributed by atoms with van der Waals surface area (Å²) in [7, 11) is 0.